The summed E-state index contributed by atoms with van der Waals surface area (Å²) in [6.07, 6.45) is 0.509. The summed E-state index contributed by atoms with van der Waals surface area (Å²) in [6, 6.07) is 6.49. The number of rotatable bonds is 3. The van der Waals surface area contributed by atoms with Crippen LogP contribution in [0.3, 0.4) is 0 Å². The number of carbonyl (C=O) groups is 1. The first-order valence-electron chi connectivity index (χ1n) is 6.50. The summed E-state index contributed by atoms with van der Waals surface area (Å²) in [4.78, 5) is 12.3. The first-order valence-corrected chi connectivity index (χ1v) is 6.50. The SMILES string of the molecule is Cc1ccc(C)c(C(=O)CC2COCC(C)N2)c1. The van der Waals surface area contributed by atoms with E-state index in [0.717, 1.165) is 23.3 Å². The van der Waals surface area contributed by atoms with E-state index in [9.17, 15) is 4.79 Å². The van der Waals surface area contributed by atoms with Crippen molar-refractivity contribution >= 4 is 5.78 Å². The Hall–Kier alpha value is -1.19. The Morgan fingerprint density at radius 1 is 1.39 bits per heavy atom. The lowest BCUT2D eigenvalue weighted by molar-refractivity contribution is 0.0463. The maximum atomic E-state index is 12.3. The Kier molecular flexibility index (Phi) is 4.15. The van der Waals surface area contributed by atoms with Crippen LogP contribution in [0.15, 0.2) is 18.2 Å². The van der Waals surface area contributed by atoms with E-state index < -0.39 is 0 Å². The zero-order valence-electron chi connectivity index (χ0n) is 11.3. The predicted molar refractivity (Wildman–Crippen MR) is 72.1 cm³/mol. The fourth-order valence-electron chi connectivity index (χ4n) is 2.37. The third-order valence-corrected chi connectivity index (χ3v) is 3.33. The summed E-state index contributed by atoms with van der Waals surface area (Å²) >= 11 is 0. The number of Topliss-reactive ketones (excluding diaryl/α,β-unsaturated/α-hetero) is 1. The molecular weight excluding hydrogens is 226 g/mol. The van der Waals surface area contributed by atoms with Crippen molar-refractivity contribution in [1.29, 1.82) is 0 Å². The molecule has 2 atom stereocenters. The standard InChI is InChI=1S/C15H21NO2/c1-10-4-5-11(2)14(6-10)15(17)7-13-9-18-8-12(3)16-13/h4-6,12-13,16H,7-9H2,1-3H3. The first-order chi connectivity index (χ1) is 8.56. The van der Waals surface area contributed by atoms with Crippen LogP contribution in [0.1, 0.15) is 34.8 Å². The highest BCUT2D eigenvalue weighted by Crippen LogP contribution is 2.15. The second-order valence-electron chi connectivity index (χ2n) is 5.25. The van der Waals surface area contributed by atoms with Gasteiger partial charge in [0.25, 0.3) is 0 Å². The van der Waals surface area contributed by atoms with E-state index in [2.05, 4.69) is 12.2 Å². The molecule has 18 heavy (non-hydrogen) atoms. The van der Waals surface area contributed by atoms with Crippen molar-refractivity contribution in [3.05, 3.63) is 34.9 Å². The molecule has 2 unspecified atom stereocenters. The molecule has 0 aliphatic carbocycles. The van der Waals surface area contributed by atoms with Crippen molar-refractivity contribution in [2.24, 2.45) is 0 Å². The fraction of sp³-hybridized carbons (Fsp3) is 0.533. The second-order valence-corrected chi connectivity index (χ2v) is 5.25. The van der Waals surface area contributed by atoms with Gasteiger partial charge in [0, 0.05) is 24.1 Å². The molecule has 0 bridgehead atoms. The number of aryl methyl sites for hydroxylation is 2. The van der Waals surface area contributed by atoms with Gasteiger partial charge in [0.1, 0.15) is 0 Å². The summed E-state index contributed by atoms with van der Waals surface area (Å²) in [6.45, 7) is 7.43. The van der Waals surface area contributed by atoms with Gasteiger partial charge in [-0.3, -0.25) is 4.79 Å². The van der Waals surface area contributed by atoms with E-state index in [1.165, 1.54) is 0 Å². The summed E-state index contributed by atoms with van der Waals surface area (Å²) in [5.41, 5.74) is 3.02. The van der Waals surface area contributed by atoms with Crippen LogP contribution < -0.4 is 5.32 Å². The minimum atomic E-state index is 0.140. The van der Waals surface area contributed by atoms with Crippen LogP contribution in [0, 0.1) is 13.8 Å². The Labute approximate surface area is 109 Å². The van der Waals surface area contributed by atoms with Gasteiger partial charge in [-0.05, 0) is 32.4 Å². The number of morpholine rings is 1. The quantitative estimate of drug-likeness (QED) is 0.833. The van der Waals surface area contributed by atoms with E-state index in [0.29, 0.717) is 19.1 Å². The Balaban J connectivity index is 2.05. The highest BCUT2D eigenvalue weighted by Gasteiger charge is 2.22. The van der Waals surface area contributed by atoms with Crippen molar-refractivity contribution < 1.29 is 9.53 Å². The summed E-state index contributed by atoms with van der Waals surface area (Å²) in [5, 5.41) is 3.41. The van der Waals surface area contributed by atoms with Crippen molar-refractivity contribution in [3.63, 3.8) is 0 Å². The molecule has 0 aromatic heterocycles. The van der Waals surface area contributed by atoms with E-state index in [-0.39, 0.29) is 11.8 Å². The predicted octanol–water partition coefficient (Wildman–Crippen LogP) is 2.25. The van der Waals surface area contributed by atoms with E-state index in [1.807, 2.05) is 32.0 Å². The van der Waals surface area contributed by atoms with Gasteiger partial charge in [0.15, 0.2) is 5.78 Å². The van der Waals surface area contributed by atoms with Crippen LogP contribution in [0.2, 0.25) is 0 Å². The number of ether oxygens (including phenoxy) is 1. The normalized spacial score (nSPS) is 23.9. The van der Waals surface area contributed by atoms with Crippen LogP contribution in [-0.4, -0.2) is 31.1 Å². The van der Waals surface area contributed by atoms with Gasteiger partial charge in [-0.15, -0.1) is 0 Å². The van der Waals surface area contributed by atoms with Crippen LogP contribution in [0.25, 0.3) is 0 Å². The number of ketones is 1. The number of hydrogen-bond acceptors (Lipinski definition) is 3. The van der Waals surface area contributed by atoms with Gasteiger partial charge in [-0.1, -0.05) is 17.7 Å². The molecule has 2 rings (SSSR count). The Morgan fingerprint density at radius 2 is 2.17 bits per heavy atom. The number of nitrogens with one attached hydrogen (secondary N) is 1. The molecule has 0 radical (unpaired) electrons. The van der Waals surface area contributed by atoms with E-state index in [1.54, 1.807) is 0 Å². The Morgan fingerprint density at radius 3 is 2.89 bits per heavy atom. The molecule has 1 aliphatic rings. The molecule has 0 spiro atoms. The number of hydrogen-bond donors (Lipinski definition) is 1. The van der Waals surface area contributed by atoms with Gasteiger partial charge >= 0.3 is 0 Å². The van der Waals surface area contributed by atoms with E-state index in [4.69, 9.17) is 4.74 Å². The van der Waals surface area contributed by atoms with Crippen molar-refractivity contribution in [3.8, 4) is 0 Å². The first kappa shape index (κ1) is 13.2. The fourth-order valence-corrected chi connectivity index (χ4v) is 2.37. The van der Waals surface area contributed by atoms with Gasteiger partial charge in [0.2, 0.25) is 0 Å². The van der Waals surface area contributed by atoms with E-state index >= 15 is 0 Å². The van der Waals surface area contributed by atoms with Gasteiger partial charge in [-0.25, -0.2) is 0 Å². The third-order valence-electron chi connectivity index (χ3n) is 3.33. The lowest BCUT2D eigenvalue weighted by atomic mass is 9.97. The molecule has 1 fully saturated rings. The molecule has 1 saturated heterocycles. The van der Waals surface area contributed by atoms with Crippen molar-refractivity contribution in [2.75, 3.05) is 13.2 Å². The molecule has 1 aliphatic heterocycles. The smallest absolute Gasteiger partial charge is 0.164 e. The average molecular weight is 247 g/mol. The van der Waals surface area contributed by atoms with Gasteiger partial charge in [0.05, 0.1) is 13.2 Å². The minimum Gasteiger partial charge on any atom is -0.378 e. The van der Waals surface area contributed by atoms with Crippen molar-refractivity contribution in [2.45, 2.75) is 39.3 Å². The molecule has 3 nitrogen and oxygen atoms in total. The van der Waals surface area contributed by atoms with Crippen molar-refractivity contribution in [1.82, 2.24) is 5.32 Å². The molecule has 0 saturated carbocycles. The maximum absolute atomic E-state index is 12.3. The number of carbonyl (C=O) groups excluding carboxylic acids is 1. The largest absolute Gasteiger partial charge is 0.378 e. The zero-order chi connectivity index (χ0) is 13.1. The summed E-state index contributed by atoms with van der Waals surface area (Å²) < 4.78 is 5.47. The molecule has 1 aromatic carbocycles. The van der Waals surface area contributed by atoms with Crippen LogP contribution in [0.4, 0.5) is 0 Å². The molecule has 3 heteroatoms. The molecule has 98 valence electrons. The number of benzene rings is 1. The van der Waals surface area contributed by atoms with Crippen LogP contribution in [0.5, 0.6) is 0 Å². The summed E-state index contributed by atoms with van der Waals surface area (Å²) in [5.74, 6) is 0.200. The maximum Gasteiger partial charge on any atom is 0.164 e. The molecule has 1 heterocycles. The topological polar surface area (TPSA) is 38.3 Å². The highest BCUT2D eigenvalue weighted by atomic mass is 16.5. The van der Waals surface area contributed by atoms with Gasteiger partial charge in [-0.2, -0.15) is 0 Å². The molecule has 1 N–H and O–H groups in total. The van der Waals surface area contributed by atoms with Crippen LogP contribution >= 0.6 is 0 Å². The molecule has 0 amide bonds. The van der Waals surface area contributed by atoms with Gasteiger partial charge < -0.3 is 10.1 Å². The summed E-state index contributed by atoms with van der Waals surface area (Å²) in [7, 11) is 0. The lowest BCUT2D eigenvalue weighted by Crippen LogP contribution is -2.48. The highest BCUT2D eigenvalue weighted by molar-refractivity contribution is 5.98. The zero-order valence-corrected chi connectivity index (χ0v) is 11.3. The monoisotopic (exact) mass is 247 g/mol. The molecule has 1 aromatic rings. The average Bonchev–Trinajstić information content (AvgIpc) is 2.32. The Bertz CT molecular complexity index is 442. The molecular formula is C15H21NO2. The minimum absolute atomic E-state index is 0.140. The van der Waals surface area contributed by atoms with Crippen LogP contribution in [-0.2, 0) is 4.74 Å². The lowest BCUT2D eigenvalue weighted by Gasteiger charge is -2.28. The second kappa shape index (κ2) is 5.63. The third kappa shape index (κ3) is 3.18.